The van der Waals surface area contributed by atoms with E-state index in [1.807, 2.05) is 0 Å². The van der Waals surface area contributed by atoms with Crippen LogP contribution >= 0.6 is 11.8 Å². The van der Waals surface area contributed by atoms with Crippen molar-refractivity contribution in [3.63, 3.8) is 0 Å². The molecule has 0 radical (unpaired) electrons. The molecule has 0 nitrogen and oxygen atoms in total. The van der Waals surface area contributed by atoms with Crippen LogP contribution in [0, 0.1) is 5.92 Å². The molecule has 0 spiro atoms. The van der Waals surface area contributed by atoms with Gasteiger partial charge >= 0.3 is 0 Å². The van der Waals surface area contributed by atoms with Crippen molar-refractivity contribution in [3.05, 3.63) is 11.5 Å². The van der Waals surface area contributed by atoms with Gasteiger partial charge in [-0.15, -0.1) is 11.8 Å². The Labute approximate surface area is 56.4 Å². The molecule has 0 aliphatic heterocycles. The predicted octanol–water partition coefficient (Wildman–Crippen LogP) is 2.91. The minimum Gasteiger partial charge on any atom is -0.134 e. The van der Waals surface area contributed by atoms with E-state index in [1.54, 1.807) is 11.8 Å². The van der Waals surface area contributed by atoms with E-state index >= 15 is 0 Å². The average Bonchev–Trinajstić information content (AvgIpc) is 1.84. The minimum atomic E-state index is 0.685. The van der Waals surface area contributed by atoms with E-state index in [-0.39, 0.29) is 0 Å². The van der Waals surface area contributed by atoms with Gasteiger partial charge in [-0.3, -0.25) is 0 Å². The fourth-order valence-corrected chi connectivity index (χ4v) is 0.998. The maximum atomic E-state index is 3.91. The quantitative estimate of drug-likeness (QED) is 0.566. The van der Waals surface area contributed by atoms with E-state index in [1.165, 1.54) is 11.3 Å². The molecule has 48 valence electrons. The van der Waals surface area contributed by atoms with E-state index in [0.29, 0.717) is 5.92 Å². The molecular formula is C7H14S. The average molecular weight is 130 g/mol. The molecule has 0 aromatic rings. The van der Waals surface area contributed by atoms with Crippen LogP contribution in [0.4, 0.5) is 0 Å². The van der Waals surface area contributed by atoms with Gasteiger partial charge in [0.25, 0.3) is 0 Å². The zero-order valence-electron chi connectivity index (χ0n) is 5.90. The SMILES string of the molecule is C=C(SC)C(C)CC. The molecule has 0 N–H and O–H groups in total. The number of rotatable bonds is 3. The Balaban J connectivity index is 3.46. The molecule has 0 saturated carbocycles. The molecule has 0 fully saturated rings. The van der Waals surface area contributed by atoms with Crippen LogP contribution in [-0.4, -0.2) is 6.26 Å². The van der Waals surface area contributed by atoms with Crippen molar-refractivity contribution >= 4 is 11.8 Å². The number of allylic oxidation sites excluding steroid dienone is 1. The molecule has 0 aliphatic rings. The van der Waals surface area contributed by atoms with Gasteiger partial charge in [-0.05, 0) is 23.5 Å². The molecule has 0 aromatic carbocycles. The highest BCUT2D eigenvalue weighted by Crippen LogP contribution is 2.21. The summed E-state index contributed by atoms with van der Waals surface area (Å²) in [5, 5.41) is 0. The fourth-order valence-electron chi connectivity index (χ4n) is 0.429. The zero-order valence-corrected chi connectivity index (χ0v) is 6.72. The summed E-state index contributed by atoms with van der Waals surface area (Å²) in [5.41, 5.74) is 0. The van der Waals surface area contributed by atoms with Gasteiger partial charge in [-0.2, -0.15) is 0 Å². The minimum absolute atomic E-state index is 0.685. The fraction of sp³-hybridized carbons (Fsp3) is 0.714. The van der Waals surface area contributed by atoms with Crippen molar-refractivity contribution in [2.45, 2.75) is 20.3 Å². The molecule has 8 heavy (non-hydrogen) atoms. The van der Waals surface area contributed by atoms with Gasteiger partial charge in [-0.25, -0.2) is 0 Å². The van der Waals surface area contributed by atoms with Crippen molar-refractivity contribution in [2.75, 3.05) is 6.26 Å². The first-order valence-electron chi connectivity index (χ1n) is 2.95. The summed E-state index contributed by atoms with van der Waals surface area (Å²) >= 11 is 1.76. The first-order chi connectivity index (χ1) is 3.72. The van der Waals surface area contributed by atoms with Crippen molar-refractivity contribution < 1.29 is 0 Å². The third-order valence-corrected chi connectivity index (χ3v) is 2.35. The Kier molecular flexibility index (Phi) is 4.06. The number of thioether (sulfide) groups is 1. The van der Waals surface area contributed by atoms with E-state index in [9.17, 15) is 0 Å². The van der Waals surface area contributed by atoms with Crippen LogP contribution < -0.4 is 0 Å². The second-order valence-corrected chi connectivity index (χ2v) is 2.91. The smallest absolute Gasteiger partial charge is 0.0139 e. The standard InChI is InChI=1S/C7H14S/c1-5-6(2)7(3)8-4/h6H,3,5H2,1-2,4H3. The molecule has 0 aromatic heterocycles. The second kappa shape index (κ2) is 4.02. The van der Waals surface area contributed by atoms with E-state index in [2.05, 4.69) is 26.7 Å². The Morgan fingerprint density at radius 1 is 1.75 bits per heavy atom. The highest BCUT2D eigenvalue weighted by atomic mass is 32.2. The lowest BCUT2D eigenvalue weighted by molar-refractivity contribution is 0.690. The van der Waals surface area contributed by atoms with Crippen LogP contribution in [-0.2, 0) is 0 Å². The van der Waals surface area contributed by atoms with Crippen LogP contribution in [0.15, 0.2) is 11.5 Å². The van der Waals surface area contributed by atoms with Crippen LogP contribution in [0.3, 0.4) is 0 Å². The highest BCUT2D eigenvalue weighted by Gasteiger charge is 1.99. The van der Waals surface area contributed by atoms with E-state index < -0.39 is 0 Å². The summed E-state index contributed by atoms with van der Waals surface area (Å²) in [5.74, 6) is 0.685. The summed E-state index contributed by atoms with van der Waals surface area (Å²) in [6.07, 6.45) is 3.29. The Morgan fingerprint density at radius 2 is 2.25 bits per heavy atom. The molecule has 0 amide bonds. The predicted molar refractivity (Wildman–Crippen MR) is 42.1 cm³/mol. The highest BCUT2D eigenvalue weighted by molar-refractivity contribution is 8.02. The lowest BCUT2D eigenvalue weighted by atomic mass is 10.1. The Bertz CT molecular complexity index is 76.5. The van der Waals surface area contributed by atoms with Gasteiger partial charge < -0.3 is 0 Å². The summed E-state index contributed by atoms with van der Waals surface area (Å²) in [6, 6.07) is 0. The summed E-state index contributed by atoms with van der Waals surface area (Å²) in [7, 11) is 0. The van der Waals surface area contributed by atoms with E-state index in [4.69, 9.17) is 0 Å². The van der Waals surface area contributed by atoms with Gasteiger partial charge in [0.05, 0.1) is 0 Å². The largest absolute Gasteiger partial charge is 0.134 e. The van der Waals surface area contributed by atoms with Gasteiger partial charge in [0.2, 0.25) is 0 Å². The summed E-state index contributed by atoms with van der Waals surface area (Å²) in [4.78, 5) is 1.30. The van der Waals surface area contributed by atoms with Crippen LogP contribution in [0.25, 0.3) is 0 Å². The van der Waals surface area contributed by atoms with Crippen molar-refractivity contribution in [3.8, 4) is 0 Å². The molecule has 1 atom stereocenters. The van der Waals surface area contributed by atoms with E-state index in [0.717, 1.165) is 0 Å². The molecule has 0 heterocycles. The van der Waals surface area contributed by atoms with Gasteiger partial charge in [0, 0.05) is 0 Å². The lowest BCUT2D eigenvalue weighted by Crippen LogP contribution is -1.90. The zero-order chi connectivity index (χ0) is 6.57. The third-order valence-electron chi connectivity index (χ3n) is 1.42. The van der Waals surface area contributed by atoms with Crippen molar-refractivity contribution in [2.24, 2.45) is 5.92 Å². The summed E-state index contributed by atoms with van der Waals surface area (Å²) in [6.45, 7) is 8.30. The van der Waals surface area contributed by atoms with Gasteiger partial charge in [0.15, 0.2) is 0 Å². The molecule has 0 aliphatic carbocycles. The first-order valence-corrected chi connectivity index (χ1v) is 4.17. The molecule has 0 bridgehead atoms. The lowest BCUT2D eigenvalue weighted by Gasteiger charge is -2.07. The first kappa shape index (κ1) is 8.09. The Hall–Kier alpha value is 0.0900. The van der Waals surface area contributed by atoms with Crippen molar-refractivity contribution in [1.82, 2.24) is 0 Å². The normalized spacial score (nSPS) is 13.4. The Morgan fingerprint density at radius 3 is 2.38 bits per heavy atom. The molecular weight excluding hydrogens is 116 g/mol. The third kappa shape index (κ3) is 2.41. The second-order valence-electron chi connectivity index (χ2n) is 1.98. The van der Waals surface area contributed by atoms with Gasteiger partial charge in [-0.1, -0.05) is 20.4 Å². The van der Waals surface area contributed by atoms with Crippen LogP contribution in [0.5, 0.6) is 0 Å². The van der Waals surface area contributed by atoms with Gasteiger partial charge in [0.1, 0.15) is 0 Å². The van der Waals surface area contributed by atoms with Crippen molar-refractivity contribution in [1.29, 1.82) is 0 Å². The topological polar surface area (TPSA) is 0 Å². The molecule has 1 unspecified atom stereocenters. The van der Waals surface area contributed by atoms with Crippen LogP contribution in [0.2, 0.25) is 0 Å². The monoisotopic (exact) mass is 130 g/mol. The molecule has 1 heteroatoms. The maximum Gasteiger partial charge on any atom is -0.0139 e. The van der Waals surface area contributed by atoms with Crippen LogP contribution in [0.1, 0.15) is 20.3 Å². The summed E-state index contributed by atoms with van der Waals surface area (Å²) < 4.78 is 0. The number of hydrogen-bond donors (Lipinski definition) is 0. The maximum absolute atomic E-state index is 3.91. The molecule has 0 rings (SSSR count). The number of hydrogen-bond acceptors (Lipinski definition) is 1. The molecule has 0 saturated heterocycles.